The summed E-state index contributed by atoms with van der Waals surface area (Å²) in [4.78, 5) is 33.7. The molecule has 9 nitrogen and oxygen atoms in total. The van der Waals surface area contributed by atoms with Gasteiger partial charge in [-0.15, -0.1) is 0 Å². The lowest BCUT2D eigenvalue weighted by molar-refractivity contribution is 0.0499. The molecule has 1 aliphatic heterocycles. The number of carbonyl (C=O) groups excluding carboxylic acids is 1. The zero-order valence-electron chi connectivity index (χ0n) is 24.3. The monoisotopic (exact) mass is 564 g/mol. The normalized spacial score (nSPS) is 15.7. The summed E-state index contributed by atoms with van der Waals surface area (Å²) in [6, 6.07) is 24.3. The molecule has 2 aromatic heterocycles. The van der Waals surface area contributed by atoms with E-state index in [-0.39, 0.29) is 11.6 Å². The Kier molecular flexibility index (Phi) is 7.41. The third-order valence-corrected chi connectivity index (χ3v) is 7.54. The lowest BCUT2D eigenvalue weighted by Gasteiger charge is -2.34. The van der Waals surface area contributed by atoms with Crippen LogP contribution in [0.25, 0.3) is 21.8 Å². The van der Waals surface area contributed by atoms with Crippen LogP contribution in [0.1, 0.15) is 44.7 Å². The number of hydrogen-bond donors (Lipinski definition) is 1. The number of nitrogens with one attached hydrogen (secondary N) is 1. The van der Waals surface area contributed by atoms with Gasteiger partial charge in [-0.25, -0.2) is 14.5 Å². The molecular formula is C33H36N6O3. The van der Waals surface area contributed by atoms with Crippen LogP contribution in [0.4, 0.5) is 10.7 Å². The zero-order chi connectivity index (χ0) is 29.3. The first-order valence-electron chi connectivity index (χ1n) is 14.5. The van der Waals surface area contributed by atoms with E-state index in [4.69, 9.17) is 9.72 Å². The first-order chi connectivity index (χ1) is 20.2. The molecule has 0 bridgehead atoms. The topological polar surface area (TPSA) is 94.3 Å². The van der Waals surface area contributed by atoms with Crippen molar-refractivity contribution >= 4 is 33.8 Å². The number of piperidine rings is 1. The van der Waals surface area contributed by atoms with Crippen LogP contribution in [-0.4, -0.2) is 50.2 Å². The van der Waals surface area contributed by atoms with Crippen LogP contribution in [0.15, 0.2) is 83.8 Å². The summed E-state index contributed by atoms with van der Waals surface area (Å²) in [6.07, 6.45) is 2.98. The Morgan fingerprint density at radius 3 is 2.57 bits per heavy atom. The predicted molar refractivity (Wildman–Crippen MR) is 165 cm³/mol. The van der Waals surface area contributed by atoms with Gasteiger partial charge < -0.3 is 19.5 Å². The first-order valence-corrected chi connectivity index (χ1v) is 14.5. The second kappa shape index (κ2) is 11.3. The highest BCUT2D eigenvalue weighted by Gasteiger charge is 2.28. The second-order valence-corrected chi connectivity index (χ2v) is 11.9. The maximum atomic E-state index is 14.1. The summed E-state index contributed by atoms with van der Waals surface area (Å²) in [5.74, 6) is 0.700. The Morgan fingerprint density at radius 2 is 1.76 bits per heavy atom. The molecule has 0 radical (unpaired) electrons. The molecule has 216 valence electrons. The van der Waals surface area contributed by atoms with Crippen molar-refractivity contribution in [3.05, 3.63) is 100 Å². The maximum absolute atomic E-state index is 14.1. The van der Waals surface area contributed by atoms with Gasteiger partial charge in [-0.3, -0.25) is 4.79 Å². The van der Waals surface area contributed by atoms with E-state index in [0.29, 0.717) is 36.6 Å². The van der Waals surface area contributed by atoms with Crippen molar-refractivity contribution in [1.82, 2.24) is 24.6 Å². The fourth-order valence-corrected chi connectivity index (χ4v) is 5.69. The number of nitrogens with zero attached hydrogens (tertiary/aromatic N) is 5. The second-order valence-electron chi connectivity index (χ2n) is 11.9. The van der Waals surface area contributed by atoms with Crippen LogP contribution in [0, 0.1) is 0 Å². The van der Waals surface area contributed by atoms with Crippen LogP contribution in [-0.2, 0) is 17.8 Å². The van der Waals surface area contributed by atoms with E-state index in [1.807, 2.05) is 67.8 Å². The Balaban J connectivity index is 1.37. The number of hydrogen-bond acceptors (Lipinski definition) is 6. The van der Waals surface area contributed by atoms with E-state index < -0.39 is 11.7 Å². The number of fused-ring (bicyclic) bond motifs is 2. The third-order valence-electron chi connectivity index (χ3n) is 7.54. The smallest absolute Gasteiger partial charge is 0.407 e. The highest BCUT2D eigenvalue weighted by atomic mass is 16.6. The Labute approximate surface area is 244 Å². The molecule has 0 aliphatic carbocycles. The van der Waals surface area contributed by atoms with Crippen molar-refractivity contribution in [1.29, 1.82) is 0 Å². The number of imidazole rings is 1. The van der Waals surface area contributed by atoms with Crippen LogP contribution >= 0.6 is 0 Å². The average Bonchev–Trinajstić information content (AvgIpc) is 3.33. The van der Waals surface area contributed by atoms with Crippen molar-refractivity contribution in [2.75, 3.05) is 18.0 Å². The summed E-state index contributed by atoms with van der Waals surface area (Å²) in [5, 5.41) is 9.79. The van der Waals surface area contributed by atoms with Gasteiger partial charge in [-0.2, -0.15) is 5.10 Å². The first kappa shape index (κ1) is 27.5. The molecular weight excluding hydrogens is 528 g/mol. The number of ether oxygens (including phenoxy) is 1. The van der Waals surface area contributed by atoms with Crippen LogP contribution in [0.2, 0.25) is 0 Å². The van der Waals surface area contributed by atoms with Crippen LogP contribution < -0.4 is 15.8 Å². The van der Waals surface area contributed by atoms with E-state index in [0.717, 1.165) is 41.3 Å². The van der Waals surface area contributed by atoms with Gasteiger partial charge in [0.05, 0.1) is 19.3 Å². The third kappa shape index (κ3) is 5.86. The van der Waals surface area contributed by atoms with Gasteiger partial charge in [0.1, 0.15) is 16.6 Å². The Hall–Kier alpha value is -4.66. The van der Waals surface area contributed by atoms with Gasteiger partial charge in [-0.1, -0.05) is 72.8 Å². The van der Waals surface area contributed by atoms with Gasteiger partial charge in [0.2, 0.25) is 5.95 Å². The van der Waals surface area contributed by atoms with E-state index in [2.05, 4.69) is 45.6 Å². The van der Waals surface area contributed by atoms with Crippen molar-refractivity contribution in [2.24, 2.45) is 0 Å². The number of aromatic nitrogens is 4. The molecule has 1 amide bonds. The van der Waals surface area contributed by atoms with Crippen molar-refractivity contribution < 1.29 is 9.53 Å². The molecule has 3 heterocycles. The molecule has 0 spiro atoms. The minimum Gasteiger partial charge on any atom is -0.444 e. The molecule has 1 aliphatic rings. The number of benzene rings is 3. The molecule has 1 saturated heterocycles. The molecule has 0 saturated carbocycles. The molecule has 3 aromatic carbocycles. The molecule has 9 heteroatoms. The largest absolute Gasteiger partial charge is 0.444 e. The molecule has 1 N–H and O–H groups in total. The minimum atomic E-state index is -0.568. The van der Waals surface area contributed by atoms with E-state index >= 15 is 0 Å². The SMILES string of the molecule is CC(C)(C)OC(=O)NC1CCCN(c2nc3cnn(Cc4cccc5ccccc45)c(=O)c3n2Cc2ccccc2)C1. The summed E-state index contributed by atoms with van der Waals surface area (Å²) in [6.45, 7) is 7.73. The summed E-state index contributed by atoms with van der Waals surface area (Å²) in [7, 11) is 0. The van der Waals surface area contributed by atoms with E-state index in [1.54, 1.807) is 6.20 Å². The molecule has 5 aromatic rings. The van der Waals surface area contributed by atoms with Crippen molar-refractivity contribution in [3.8, 4) is 0 Å². The molecule has 1 atom stereocenters. The molecule has 6 rings (SSSR count). The standard InChI is InChI=1S/C33H36N6O3/c1-33(2,3)42-32(41)35-26-16-10-18-37(22-26)31-36-28-19-34-39(21-25-15-9-14-24-13-7-8-17-27(24)25)30(40)29(28)38(31)20-23-11-5-4-6-12-23/h4-9,11-15,17,19,26H,10,16,18,20-22H2,1-3H3,(H,35,41). The maximum Gasteiger partial charge on any atom is 0.407 e. The van der Waals surface area contributed by atoms with Crippen molar-refractivity contribution in [3.63, 3.8) is 0 Å². The highest BCUT2D eigenvalue weighted by molar-refractivity contribution is 5.85. The highest BCUT2D eigenvalue weighted by Crippen LogP contribution is 2.26. The molecule has 1 unspecified atom stereocenters. The summed E-state index contributed by atoms with van der Waals surface area (Å²) < 4.78 is 9.03. The fourth-order valence-electron chi connectivity index (χ4n) is 5.69. The van der Waals surface area contributed by atoms with Gasteiger partial charge in [0, 0.05) is 19.1 Å². The van der Waals surface area contributed by atoms with Gasteiger partial charge in [0.25, 0.3) is 5.56 Å². The lowest BCUT2D eigenvalue weighted by Crippen LogP contribution is -2.49. The fraction of sp³-hybridized carbons (Fsp3) is 0.333. The quantitative estimate of drug-likeness (QED) is 0.299. The van der Waals surface area contributed by atoms with Crippen molar-refractivity contribution in [2.45, 2.75) is 58.3 Å². The Morgan fingerprint density at radius 1 is 1.00 bits per heavy atom. The van der Waals surface area contributed by atoms with Gasteiger partial charge in [0.15, 0.2) is 0 Å². The number of carbonyl (C=O) groups is 1. The van der Waals surface area contributed by atoms with E-state index in [1.165, 1.54) is 4.68 Å². The van der Waals surface area contributed by atoms with Gasteiger partial charge >= 0.3 is 6.09 Å². The van der Waals surface area contributed by atoms with Gasteiger partial charge in [-0.05, 0) is 55.5 Å². The van der Waals surface area contributed by atoms with E-state index in [9.17, 15) is 9.59 Å². The van der Waals surface area contributed by atoms with Crippen LogP contribution in [0.3, 0.4) is 0 Å². The lowest BCUT2D eigenvalue weighted by atomic mass is 10.0. The van der Waals surface area contributed by atoms with Crippen LogP contribution in [0.5, 0.6) is 0 Å². The molecule has 42 heavy (non-hydrogen) atoms. The predicted octanol–water partition coefficient (Wildman–Crippen LogP) is 5.34. The number of alkyl carbamates (subject to hydrolysis) is 1. The molecule has 1 fully saturated rings. The summed E-state index contributed by atoms with van der Waals surface area (Å²) in [5.41, 5.74) is 2.42. The zero-order valence-corrected chi connectivity index (χ0v) is 24.3. The average molecular weight is 565 g/mol. The number of rotatable bonds is 6. The Bertz CT molecular complexity index is 1780. The number of anilines is 1. The number of amides is 1. The summed E-state index contributed by atoms with van der Waals surface area (Å²) >= 11 is 0. The minimum absolute atomic E-state index is 0.0975.